The molecule has 2 atom stereocenters. The quantitative estimate of drug-likeness (QED) is 0.824. The maximum atomic E-state index is 12.6. The van der Waals surface area contributed by atoms with E-state index in [1.165, 1.54) is 16.6 Å². The standard InChI is InChI=1S/C13H17N3O2S/c1-10-5-7-16(9-11(10)2)19(17,18)13-4-3-6-15-12(13)8-14/h3-4,6,10-11H,5,7,9H2,1-2H3. The smallest absolute Gasteiger partial charge is 0.244 e. The molecule has 0 aromatic carbocycles. The Kier molecular flexibility index (Phi) is 3.88. The molecule has 0 amide bonds. The second kappa shape index (κ2) is 5.27. The lowest BCUT2D eigenvalue weighted by molar-refractivity contribution is 0.212. The molecule has 102 valence electrons. The van der Waals surface area contributed by atoms with Gasteiger partial charge in [-0.05, 0) is 30.4 Å². The van der Waals surface area contributed by atoms with Crippen LogP contribution in [0.5, 0.6) is 0 Å². The van der Waals surface area contributed by atoms with Crippen LogP contribution in [0.1, 0.15) is 26.0 Å². The van der Waals surface area contributed by atoms with Crippen molar-refractivity contribution in [2.75, 3.05) is 13.1 Å². The number of hydrogen-bond donors (Lipinski definition) is 0. The predicted octanol–water partition coefficient (Wildman–Crippen LogP) is 1.62. The average Bonchev–Trinajstić information content (AvgIpc) is 2.41. The first-order valence-corrected chi connectivity index (χ1v) is 7.76. The van der Waals surface area contributed by atoms with Gasteiger partial charge in [-0.1, -0.05) is 13.8 Å². The summed E-state index contributed by atoms with van der Waals surface area (Å²) >= 11 is 0. The van der Waals surface area contributed by atoms with E-state index in [0.29, 0.717) is 24.9 Å². The second-order valence-corrected chi connectivity index (χ2v) is 6.97. The fraction of sp³-hybridized carbons (Fsp3) is 0.538. The predicted molar refractivity (Wildman–Crippen MR) is 70.7 cm³/mol. The van der Waals surface area contributed by atoms with Crippen LogP contribution in [0.2, 0.25) is 0 Å². The van der Waals surface area contributed by atoms with E-state index >= 15 is 0 Å². The van der Waals surface area contributed by atoms with Crippen LogP contribution < -0.4 is 0 Å². The minimum absolute atomic E-state index is 0.0132. The van der Waals surface area contributed by atoms with Crippen LogP contribution >= 0.6 is 0 Å². The van der Waals surface area contributed by atoms with Crippen LogP contribution in [-0.4, -0.2) is 30.8 Å². The minimum Gasteiger partial charge on any atom is -0.244 e. The highest BCUT2D eigenvalue weighted by molar-refractivity contribution is 7.89. The molecule has 1 saturated heterocycles. The number of pyridine rings is 1. The molecule has 6 heteroatoms. The molecule has 1 aliphatic rings. The van der Waals surface area contributed by atoms with Crippen molar-refractivity contribution in [3.63, 3.8) is 0 Å². The summed E-state index contributed by atoms with van der Waals surface area (Å²) in [5.74, 6) is 0.849. The SMILES string of the molecule is CC1CCN(S(=O)(=O)c2cccnc2C#N)CC1C. The average molecular weight is 279 g/mol. The molecule has 0 saturated carbocycles. The van der Waals surface area contributed by atoms with Gasteiger partial charge in [0.05, 0.1) is 0 Å². The number of sulfonamides is 1. The zero-order chi connectivity index (χ0) is 14.0. The first-order valence-electron chi connectivity index (χ1n) is 6.32. The van der Waals surface area contributed by atoms with Crippen molar-refractivity contribution in [1.82, 2.24) is 9.29 Å². The highest BCUT2D eigenvalue weighted by Gasteiger charge is 2.33. The lowest BCUT2D eigenvalue weighted by Crippen LogP contribution is -2.42. The molecule has 1 aromatic heterocycles. The summed E-state index contributed by atoms with van der Waals surface area (Å²) in [4.78, 5) is 3.84. The van der Waals surface area contributed by atoms with Gasteiger partial charge in [0.15, 0.2) is 5.69 Å². The Hall–Kier alpha value is -1.45. The zero-order valence-electron chi connectivity index (χ0n) is 11.1. The van der Waals surface area contributed by atoms with Crippen LogP contribution in [0.25, 0.3) is 0 Å². The van der Waals surface area contributed by atoms with E-state index in [1.807, 2.05) is 6.07 Å². The summed E-state index contributed by atoms with van der Waals surface area (Å²) in [6.07, 6.45) is 2.28. The van der Waals surface area contributed by atoms with Crippen molar-refractivity contribution in [2.24, 2.45) is 11.8 Å². The molecule has 1 fully saturated rings. The molecular formula is C13H17N3O2S. The molecule has 0 N–H and O–H groups in total. The Balaban J connectivity index is 2.36. The molecule has 0 aliphatic carbocycles. The minimum atomic E-state index is -3.61. The van der Waals surface area contributed by atoms with Crippen molar-refractivity contribution in [3.8, 4) is 6.07 Å². The molecule has 0 radical (unpaired) electrons. The summed E-state index contributed by atoms with van der Waals surface area (Å²) in [6.45, 7) is 5.21. The van der Waals surface area contributed by atoms with Crippen molar-refractivity contribution in [1.29, 1.82) is 5.26 Å². The molecule has 5 nitrogen and oxygen atoms in total. The van der Waals surface area contributed by atoms with Gasteiger partial charge in [-0.25, -0.2) is 13.4 Å². The Bertz CT molecular complexity index is 607. The van der Waals surface area contributed by atoms with Crippen molar-refractivity contribution < 1.29 is 8.42 Å². The summed E-state index contributed by atoms with van der Waals surface area (Å²) in [5.41, 5.74) is -0.0335. The Labute approximate surface area is 113 Å². The molecular weight excluding hydrogens is 262 g/mol. The number of rotatable bonds is 2. The lowest BCUT2D eigenvalue weighted by atomic mass is 9.90. The normalized spacial score (nSPS) is 24.9. The van der Waals surface area contributed by atoms with Gasteiger partial charge in [0.2, 0.25) is 10.0 Å². The highest BCUT2D eigenvalue weighted by atomic mass is 32.2. The number of aromatic nitrogens is 1. The van der Waals surface area contributed by atoms with E-state index < -0.39 is 10.0 Å². The largest absolute Gasteiger partial charge is 0.245 e. The third-order valence-electron chi connectivity index (χ3n) is 3.79. The van der Waals surface area contributed by atoms with E-state index in [4.69, 9.17) is 5.26 Å². The summed E-state index contributed by atoms with van der Waals surface area (Å²) < 4.78 is 26.6. The molecule has 1 aromatic rings. The van der Waals surface area contributed by atoms with Crippen molar-refractivity contribution >= 4 is 10.0 Å². The van der Waals surface area contributed by atoms with Crippen LogP contribution in [0.4, 0.5) is 0 Å². The van der Waals surface area contributed by atoms with Gasteiger partial charge >= 0.3 is 0 Å². The van der Waals surface area contributed by atoms with Gasteiger partial charge in [-0.15, -0.1) is 0 Å². The van der Waals surface area contributed by atoms with Crippen molar-refractivity contribution in [2.45, 2.75) is 25.2 Å². The number of nitrogens with zero attached hydrogens (tertiary/aromatic N) is 3. The fourth-order valence-corrected chi connectivity index (χ4v) is 3.91. The molecule has 0 bridgehead atoms. The van der Waals surface area contributed by atoms with Gasteiger partial charge in [-0.3, -0.25) is 0 Å². The van der Waals surface area contributed by atoms with Crippen LogP contribution in [0.3, 0.4) is 0 Å². The van der Waals surface area contributed by atoms with Gasteiger partial charge in [-0.2, -0.15) is 9.57 Å². The third-order valence-corrected chi connectivity index (χ3v) is 5.69. The van der Waals surface area contributed by atoms with Crippen LogP contribution in [0.15, 0.2) is 23.2 Å². The monoisotopic (exact) mass is 279 g/mol. The summed E-state index contributed by atoms with van der Waals surface area (Å²) in [5, 5.41) is 8.98. The number of hydrogen-bond acceptors (Lipinski definition) is 4. The highest BCUT2D eigenvalue weighted by Crippen LogP contribution is 2.27. The van der Waals surface area contributed by atoms with Crippen LogP contribution in [0, 0.1) is 23.2 Å². The first kappa shape index (κ1) is 14.0. The van der Waals surface area contributed by atoms with E-state index in [9.17, 15) is 8.42 Å². The fourth-order valence-electron chi connectivity index (χ4n) is 2.26. The Morgan fingerprint density at radius 3 is 2.79 bits per heavy atom. The number of nitriles is 1. The maximum Gasteiger partial charge on any atom is 0.245 e. The topological polar surface area (TPSA) is 74.1 Å². The van der Waals surface area contributed by atoms with Gasteiger partial charge in [0.25, 0.3) is 0 Å². The Morgan fingerprint density at radius 2 is 2.16 bits per heavy atom. The van der Waals surface area contributed by atoms with Gasteiger partial charge < -0.3 is 0 Å². The zero-order valence-corrected chi connectivity index (χ0v) is 11.9. The first-order chi connectivity index (χ1) is 8.96. The molecule has 2 heterocycles. The molecule has 0 spiro atoms. The van der Waals surface area contributed by atoms with E-state index in [2.05, 4.69) is 18.8 Å². The molecule has 19 heavy (non-hydrogen) atoms. The molecule has 2 unspecified atom stereocenters. The van der Waals surface area contributed by atoms with E-state index in [0.717, 1.165) is 6.42 Å². The van der Waals surface area contributed by atoms with E-state index in [-0.39, 0.29) is 10.6 Å². The van der Waals surface area contributed by atoms with Crippen molar-refractivity contribution in [3.05, 3.63) is 24.0 Å². The molecule has 2 rings (SSSR count). The van der Waals surface area contributed by atoms with Crippen LogP contribution in [-0.2, 0) is 10.0 Å². The maximum absolute atomic E-state index is 12.6. The Morgan fingerprint density at radius 1 is 1.42 bits per heavy atom. The summed E-state index contributed by atoms with van der Waals surface area (Å²) in [7, 11) is -3.61. The third kappa shape index (κ3) is 2.62. The second-order valence-electron chi connectivity index (χ2n) is 5.07. The number of piperidine rings is 1. The summed E-state index contributed by atoms with van der Waals surface area (Å²) in [6, 6.07) is 4.84. The lowest BCUT2D eigenvalue weighted by Gasteiger charge is -2.34. The van der Waals surface area contributed by atoms with Gasteiger partial charge in [0, 0.05) is 19.3 Å². The van der Waals surface area contributed by atoms with Gasteiger partial charge in [0.1, 0.15) is 11.0 Å². The molecule has 1 aliphatic heterocycles. The van der Waals surface area contributed by atoms with E-state index in [1.54, 1.807) is 6.07 Å².